The van der Waals surface area contributed by atoms with Crippen molar-refractivity contribution in [2.75, 3.05) is 18.0 Å². The highest BCUT2D eigenvalue weighted by Crippen LogP contribution is 2.17. The van der Waals surface area contributed by atoms with E-state index in [4.69, 9.17) is 0 Å². The monoisotopic (exact) mass is 204 g/mol. The van der Waals surface area contributed by atoms with Crippen molar-refractivity contribution in [3.8, 4) is 0 Å². The van der Waals surface area contributed by atoms with E-state index < -0.39 is 0 Å². The molecule has 0 aliphatic carbocycles. The average molecular weight is 204 g/mol. The Labute approximate surface area is 90.1 Å². The number of hydrogen-bond donors (Lipinski definition) is 1. The second-order valence-electron chi connectivity index (χ2n) is 4.13. The number of piperazine rings is 1. The molecule has 80 valence electrons. The molecule has 1 aliphatic rings. The maximum atomic E-state index is 11.7. The first kappa shape index (κ1) is 10.2. The molecule has 1 amide bonds. The van der Waals surface area contributed by atoms with Gasteiger partial charge in [-0.1, -0.05) is 12.1 Å². The Hall–Kier alpha value is -1.35. The summed E-state index contributed by atoms with van der Waals surface area (Å²) in [6, 6.07) is 8.44. The number of nitrogens with zero attached hydrogens (tertiary/aromatic N) is 1. The van der Waals surface area contributed by atoms with Gasteiger partial charge in [-0.2, -0.15) is 0 Å². The summed E-state index contributed by atoms with van der Waals surface area (Å²) in [6.45, 7) is 5.33. The number of carbonyl (C=O) groups is 1. The molecule has 1 atom stereocenters. The summed E-state index contributed by atoms with van der Waals surface area (Å²) in [6.07, 6.45) is 0. The number of aryl methyl sites for hydroxylation is 1. The van der Waals surface area contributed by atoms with E-state index in [9.17, 15) is 4.79 Å². The first-order valence-corrected chi connectivity index (χ1v) is 5.27. The van der Waals surface area contributed by atoms with Crippen molar-refractivity contribution >= 4 is 11.6 Å². The maximum Gasteiger partial charge on any atom is 0.240 e. The molecule has 3 heteroatoms. The topological polar surface area (TPSA) is 32.3 Å². The van der Waals surface area contributed by atoms with E-state index in [2.05, 4.69) is 18.3 Å². The number of carbonyl (C=O) groups excluding carboxylic acids is 1. The third-order valence-electron chi connectivity index (χ3n) is 2.67. The molecular formula is C12H16N2O. The first-order valence-electron chi connectivity index (χ1n) is 5.27. The van der Waals surface area contributed by atoms with Crippen LogP contribution in [0.25, 0.3) is 0 Å². The normalized spacial score (nSPS) is 21.9. The van der Waals surface area contributed by atoms with Crippen LogP contribution in [0.5, 0.6) is 0 Å². The Bertz CT molecular complexity index is 376. The number of hydrogen-bond acceptors (Lipinski definition) is 2. The summed E-state index contributed by atoms with van der Waals surface area (Å²) in [5, 5.41) is 3.15. The van der Waals surface area contributed by atoms with E-state index in [1.54, 1.807) is 0 Å². The zero-order valence-electron chi connectivity index (χ0n) is 9.16. The van der Waals surface area contributed by atoms with Gasteiger partial charge in [-0.25, -0.2) is 0 Å². The lowest BCUT2D eigenvalue weighted by molar-refractivity contribution is -0.118. The molecule has 1 fully saturated rings. The lowest BCUT2D eigenvalue weighted by Crippen LogP contribution is -2.53. The van der Waals surface area contributed by atoms with Gasteiger partial charge in [0.15, 0.2) is 0 Å². The predicted molar refractivity (Wildman–Crippen MR) is 61.0 cm³/mol. The Morgan fingerprint density at radius 1 is 1.47 bits per heavy atom. The first-order chi connectivity index (χ1) is 7.16. The minimum atomic E-state index is 0.152. The summed E-state index contributed by atoms with van der Waals surface area (Å²) in [4.78, 5) is 13.6. The number of nitrogens with one attached hydrogen (secondary N) is 1. The highest BCUT2D eigenvalue weighted by molar-refractivity contribution is 5.95. The molecule has 0 aromatic heterocycles. The van der Waals surface area contributed by atoms with Gasteiger partial charge in [0.25, 0.3) is 0 Å². The summed E-state index contributed by atoms with van der Waals surface area (Å²) in [7, 11) is 0. The Morgan fingerprint density at radius 2 is 2.27 bits per heavy atom. The molecule has 0 radical (unpaired) electrons. The molecule has 0 saturated carbocycles. The third kappa shape index (κ3) is 2.18. The molecule has 15 heavy (non-hydrogen) atoms. The van der Waals surface area contributed by atoms with Gasteiger partial charge in [0.2, 0.25) is 5.91 Å². The summed E-state index contributed by atoms with van der Waals surface area (Å²) in [5.74, 6) is 0.152. The van der Waals surface area contributed by atoms with Crippen molar-refractivity contribution in [3.63, 3.8) is 0 Å². The molecule has 2 rings (SSSR count). The minimum Gasteiger partial charge on any atom is -0.310 e. The molecule has 0 bridgehead atoms. The zero-order valence-corrected chi connectivity index (χ0v) is 9.16. The van der Waals surface area contributed by atoms with Crippen molar-refractivity contribution in [3.05, 3.63) is 29.8 Å². The predicted octanol–water partition coefficient (Wildman–Crippen LogP) is 1.32. The standard InChI is InChI=1S/C12H16N2O/c1-9-4-3-5-11(6-9)14-8-10(2)13-7-12(14)15/h3-6,10,13H,7-8H2,1-2H3/t10-/m1/s1. The fourth-order valence-electron chi connectivity index (χ4n) is 1.84. The van der Waals surface area contributed by atoms with E-state index in [1.165, 1.54) is 5.56 Å². The van der Waals surface area contributed by atoms with Gasteiger partial charge < -0.3 is 10.2 Å². The van der Waals surface area contributed by atoms with Crippen LogP contribution in [0.15, 0.2) is 24.3 Å². The van der Waals surface area contributed by atoms with Gasteiger partial charge in [0.1, 0.15) is 0 Å². The summed E-state index contributed by atoms with van der Waals surface area (Å²) in [5.41, 5.74) is 2.19. The van der Waals surface area contributed by atoms with E-state index >= 15 is 0 Å². The third-order valence-corrected chi connectivity index (χ3v) is 2.67. The average Bonchev–Trinajstić information content (AvgIpc) is 2.22. The van der Waals surface area contributed by atoms with Crippen LogP contribution in [-0.2, 0) is 4.79 Å². The number of amides is 1. The fraction of sp³-hybridized carbons (Fsp3) is 0.417. The molecular weight excluding hydrogens is 188 g/mol. The Morgan fingerprint density at radius 3 is 3.00 bits per heavy atom. The highest BCUT2D eigenvalue weighted by atomic mass is 16.2. The Kier molecular flexibility index (Phi) is 2.73. The molecule has 1 saturated heterocycles. The molecule has 1 heterocycles. The van der Waals surface area contributed by atoms with Gasteiger partial charge in [0.05, 0.1) is 6.54 Å². The van der Waals surface area contributed by atoms with Crippen LogP contribution in [0, 0.1) is 6.92 Å². The van der Waals surface area contributed by atoms with Crippen LogP contribution in [-0.4, -0.2) is 25.0 Å². The SMILES string of the molecule is Cc1cccc(N2C[C@@H](C)NCC2=O)c1. The van der Waals surface area contributed by atoms with Gasteiger partial charge >= 0.3 is 0 Å². The van der Waals surface area contributed by atoms with Crippen LogP contribution >= 0.6 is 0 Å². The van der Waals surface area contributed by atoms with E-state index in [-0.39, 0.29) is 5.91 Å². The van der Waals surface area contributed by atoms with Crippen LogP contribution < -0.4 is 10.2 Å². The van der Waals surface area contributed by atoms with Crippen molar-refractivity contribution < 1.29 is 4.79 Å². The zero-order chi connectivity index (χ0) is 10.8. The summed E-state index contributed by atoms with van der Waals surface area (Å²) < 4.78 is 0. The van der Waals surface area contributed by atoms with Crippen LogP contribution in [0.4, 0.5) is 5.69 Å². The van der Waals surface area contributed by atoms with Gasteiger partial charge in [-0.05, 0) is 31.5 Å². The van der Waals surface area contributed by atoms with Crippen molar-refractivity contribution in [2.45, 2.75) is 19.9 Å². The lowest BCUT2D eigenvalue weighted by Gasteiger charge is -2.31. The lowest BCUT2D eigenvalue weighted by atomic mass is 10.1. The van der Waals surface area contributed by atoms with Crippen molar-refractivity contribution in [1.82, 2.24) is 5.32 Å². The molecule has 1 aromatic rings. The molecule has 1 aromatic carbocycles. The van der Waals surface area contributed by atoms with Crippen LogP contribution in [0.1, 0.15) is 12.5 Å². The smallest absolute Gasteiger partial charge is 0.240 e. The Balaban J connectivity index is 2.25. The number of benzene rings is 1. The second-order valence-corrected chi connectivity index (χ2v) is 4.13. The number of rotatable bonds is 1. The van der Waals surface area contributed by atoms with E-state index in [0.717, 1.165) is 12.2 Å². The van der Waals surface area contributed by atoms with Gasteiger partial charge in [0, 0.05) is 18.3 Å². The molecule has 0 unspecified atom stereocenters. The maximum absolute atomic E-state index is 11.7. The van der Waals surface area contributed by atoms with Crippen molar-refractivity contribution in [1.29, 1.82) is 0 Å². The minimum absolute atomic E-state index is 0.152. The quantitative estimate of drug-likeness (QED) is 0.748. The van der Waals surface area contributed by atoms with Crippen LogP contribution in [0.3, 0.4) is 0 Å². The molecule has 3 nitrogen and oxygen atoms in total. The van der Waals surface area contributed by atoms with Crippen molar-refractivity contribution in [2.24, 2.45) is 0 Å². The highest BCUT2D eigenvalue weighted by Gasteiger charge is 2.23. The second kappa shape index (κ2) is 4.03. The van der Waals surface area contributed by atoms with E-state index in [1.807, 2.05) is 30.0 Å². The molecule has 1 aliphatic heterocycles. The van der Waals surface area contributed by atoms with Crippen LogP contribution in [0.2, 0.25) is 0 Å². The van der Waals surface area contributed by atoms with E-state index in [0.29, 0.717) is 12.6 Å². The molecule has 0 spiro atoms. The fourth-order valence-corrected chi connectivity index (χ4v) is 1.84. The van der Waals surface area contributed by atoms with Gasteiger partial charge in [-0.3, -0.25) is 4.79 Å². The number of anilines is 1. The summed E-state index contributed by atoms with van der Waals surface area (Å²) >= 11 is 0. The largest absolute Gasteiger partial charge is 0.310 e. The molecule has 1 N–H and O–H groups in total. The van der Waals surface area contributed by atoms with Gasteiger partial charge in [-0.15, -0.1) is 0 Å².